The first-order chi connectivity index (χ1) is 12.9. The molecule has 27 heavy (non-hydrogen) atoms. The van der Waals surface area contributed by atoms with Crippen LogP contribution in [0.15, 0.2) is 27.8 Å². The maximum atomic E-state index is 12.1. The lowest BCUT2D eigenvalue weighted by Crippen LogP contribution is -2.42. The van der Waals surface area contributed by atoms with Crippen LogP contribution in [0.2, 0.25) is 0 Å². The summed E-state index contributed by atoms with van der Waals surface area (Å²) in [5, 5.41) is 9.32. The number of nitrogens with zero attached hydrogens (tertiary/aromatic N) is 3. The van der Waals surface area contributed by atoms with Crippen LogP contribution in [-0.4, -0.2) is 66.0 Å². The molecule has 0 saturated carbocycles. The van der Waals surface area contributed by atoms with Crippen molar-refractivity contribution in [3.63, 3.8) is 0 Å². The first kappa shape index (κ1) is 18.8. The van der Waals surface area contributed by atoms with Crippen molar-refractivity contribution in [3.05, 3.63) is 44.5 Å². The number of nitrogens with one attached hydrogen (secondary N) is 1. The summed E-state index contributed by atoms with van der Waals surface area (Å²) in [6, 6.07) is 4.31. The van der Waals surface area contributed by atoms with Gasteiger partial charge >= 0.3 is 17.1 Å². The Kier molecular flexibility index (Phi) is 5.38. The molecule has 0 aliphatic carbocycles. The van der Waals surface area contributed by atoms with Crippen molar-refractivity contribution in [1.29, 1.82) is 0 Å². The molecule has 1 saturated heterocycles. The van der Waals surface area contributed by atoms with Gasteiger partial charge in [-0.25, -0.2) is 4.79 Å². The zero-order valence-electron chi connectivity index (χ0n) is 14.8. The number of carboxylic acid groups (broad SMARTS) is 1. The monoisotopic (exact) mass is 376 g/mol. The van der Waals surface area contributed by atoms with Crippen LogP contribution < -0.4 is 21.4 Å². The van der Waals surface area contributed by atoms with Crippen molar-refractivity contribution in [2.75, 3.05) is 49.7 Å². The number of carboxylic acids is 1. The Morgan fingerprint density at radius 1 is 1.22 bits per heavy atom. The molecule has 10 heteroatoms. The summed E-state index contributed by atoms with van der Waals surface area (Å²) in [5.41, 5.74) is 1.44. The smallest absolute Gasteiger partial charge is 0.340 e. The lowest BCUT2D eigenvalue weighted by molar-refractivity contribution is -0.116. The van der Waals surface area contributed by atoms with Gasteiger partial charge in [0.2, 0.25) is 5.91 Å². The van der Waals surface area contributed by atoms with Gasteiger partial charge < -0.3 is 14.7 Å². The number of aromatic carboxylic acids is 1. The molecule has 1 aliphatic rings. The number of hydrogen-bond donors (Lipinski definition) is 2. The van der Waals surface area contributed by atoms with Crippen molar-refractivity contribution in [2.45, 2.75) is 6.92 Å². The summed E-state index contributed by atoms with van der Waals surface area (Å²) in [6.45, 7) is 5.37. The SMILES string of the molecule is CC(=O)N(CCN1CCOCC1)c1ccc(C(=O)O)c(Nn2c(=O)c2=O)c1. The predicted molar refractivity (Wildman–Crippen MR) is 97.1 cm³/mol. The molecule has 2 aromatic rings. The minimum absolute atomic E-state index is 0.0665. The molecule has 10 nitrogen and oxygen atoms in total. The highest BCUT2D eigenvalue weighted by Gasteiger charge is 2.22. The maximum Gasteiger partial charge on any atom is 0.340 e. The van der Waals surface area contributed by atoms with E-state index in [-0.39, 0.29) is 17.2 Å². The fraction of sp³-hybridized carbons (Fsp3) is 0.412. The van der Waals surface area contributed by atoms with Gasteiger partial charge in [0, 0.05) is 38.8 Å². The van der Waals surface area contributed by atoms with E-state index in [1.807, 2.05) is 0 Å². The van der Waals surface area contributed by atoms with E-state index < -0.39 is 17.1 Å². The van der Waals surface area contributed by atoms with Gasteiger partial charge in [-0.15, -0.1) is 0 Å². The number of hydrogen-bond acceptors (Lipinski definition) is 7. The van der Waals surface area contributed by atoms with Crippen molar-refractivity contribution in [2.24, 2.45) is 0 Å². The summed E-state index contributed by atoms with van der Waals surface area (Å²) in [7, 11) is 0. The van der Waals surface area contributed by atoms with Crippen molar-refractivity contribution in [3.8, 4) is 0 Å². The number of benzene rings is 1. The topological polar surface area (TPSA) is 121 Å². The van der Waals surface area contributed by atoms with E-state index in [0.29, 0.717) is 32.0 Å². The Morgan fingerprint density at radius 2 is 1.89 bits per heavy atom. The van der Waals surface area contributed by atoms with Crippen LogP contribution in [0.25, 0.3) is 0 Å². The van der Waals surface area contributed by atoms with Crippen LogP contribution in [0.4, 0.5) is 11.4 Å². The Balaban J connectivity index is 1.82. The fourth-order valence-corrected chi connectivity index (χ4v) is 2.87. The highest BCUT2D eigenvalue weighted by molar-refractivity contribution is 5.97. The predicted octanol–water partition coefficient (Wildman–Crippen LogP) is -0.657. The standard InChI is InChI=1S/C17H20N4O6/c1-11(22)20(5-4-19-6-8-27-9-7-19)12-2-3-13(17(25)26)14(10-12)18-21-15(23)16(21)24/h2-3,10,18H,4-9H2,1H3,(H,25,26). The Morgan fingerprint density at radius 3 is 2.44 bits per heavy atom. The first-order valence-corrected chi connectivity index (χ1v) is 8.49. The van der Waals surface area contributed by atoms with Crippen LogP contribution >= 0.6 is 0 Å². The summed E-state index contributed by atoms with van der Waals surface area (Å²) >= 11 is 0. The molecule has 1 fully saturated rings. The number of carbonyl (C=O) groups excluding carboxylic acids is 1. The van der Waals surface area contributed by atoms with Gasteiger partial charge in [0.05, 0.1) is 24.5 Å². The number of amides is 1. The molecule has 1 aromatic carbocycles. The summed E-state index contributed by atoms with van der Waals surface area (Å²) in [5.74, 6) is -1.41. The highest BCUT2D eigenvalue weighted by atomic mass is 16.5. The van der Waals surface area contributed by atoms with Gasteiger partial charge in [-0.3, -0.25) is 24.7 Å². The van der Waals surface area contributed by atoms with E-state index in [0.717, 1.165) is 17.8 Å². The van der Waals surface area contributed by atoms with Crippen LogP contribution in [-0.2, 0) is 9.53 Å². The first-order valence-electron chi connectivity index (χ1n) is 8.49. The number of rotatable bonds is 7. The minimum atomic E-state index is -1.21. The zero-order valence-corrected chi connectivity index (χ0v) is 14.8. The molecular weight excluding hydrogens is 356 g/mol. The molecular formula is C17H20N4O6. The summed E-state index contributed by atoms with van der Waals surface area (Å²) in [6.07, 6.45) is 0. The molecule has 1 aliphatic heterocycles. The third-order valence-electron chi connectivity index (χ3n) is 4.44. The zero-order chi connectivity index (χ0) is 19.6. The lowest BCUT2D eigenvalue weighted by atomic mass is 10.1. The second-order valence-electron chi connectivity index (χ2n) is 6.22. The number of morpholine rings is 1. The molecule has 2 heterocycles. The molecule has 0 unspecified atom stereocenters. The van der Waals surface area contributed by atoms with Gasteiger partial charge in [0.15, 0.2) is 0 Å². The van der Waals surface area contributed by atoms with Gasteiger partial charge in [0.25, 0.3) is 0 Å². The molecule has 3 rings (SSSR count). The van der Waals surface area contributed by atoms with Crippen molar-refractivity contribution >= 4 is 23.3 Å². The molecule has 0 spiro atoms. The van der Waals surface area contributed by atoms with E-state index >= 15 is 0 Å². The summed E-state index contributed by atoms with van der Waals surface area (Å²) < 4.78 is 6.02. The number of anilines is 2. The molecule has 2 N–H and O–H groups in total. The maximum absolute atomic E-state index is 12.1. The number of carbonyl (C=O) groups is 2. The minimum Gasteiger partial charge on any atom is -0.478 e. The Hall–Kier alpha value is -2.98. The second-order valence-corrected chi connectivity index (χ2v) is 6.22. The van der Waals surface area contributed by atoms with Crippen LogP contribution in [0.5, 0.6) is 0 Å². The van der Waals surface area contributed by atoms with E-state index in [4.69, 9.17) is 4.74 Å². The number of ether oxygens (including phenoxy) is 1. The van der Waals surface area contributed by atoms with Crippen LogP contribution in [0.1, 0.15) is 17.3 Å². The van der Waals surface area contributed by atoms with Crippen molar-refractivity contribution in [1.82, 2.24) is 9.58 Å². The molecule has 1 aromatic heterocycles. The molecule has 144 valence electrons. The van der Waals surface area contributed by atoms with E-state index in [9.17, 15) is 24.3 Å². The van der Waals surface area contributed by atoms with Gasteiger partial charge in [-0.05, 0) is 18.2 Å². The fourth-order valence-electron chi connectivity index (χ4n) is 2.87. The third kappa shape index (κ3) is 4.23. The molecule has 0 atom stereocenters. The van der Waals surface area contributed by atoms with Crippen molar-refractivity contribution < 1.29 is 19.4 Å². The lowest BCUT2D eigenvalue weighted by Gasteiger charge is -2.30. The Bertz CT molecular complexity index is 898. The Labute approximate surface area is 154 Å². The average Bonchev–Trinajstić information content (AvgIpc) is 3.20. The number of aromatic nitrogens is 1. The van der Waals surface area contributed by atoms with Gasteiger partial charge in [0.1, 0.15) is 0 Å². The van der Waals surface area contributed by atoms with E-state index in [2.05, 4.69) is 10.3 Å². The normalized spacial score (nSPS) is 15.0. The van der Waals surface area contributed by atoms with Crippen LogP contribution in [0, 0.1) is 0 Å². The molecule has 1 amide bonds. The van der Waals surface area contributed by atoms with Gasteiger partial charge in [-0.2, -0.15) is 4.68 Å². The van der Waals surface area contributed by atoms with E-state index in [1.54, 1.807) is 0 Å². The average molecular weight is 376 g/mol. The van der Waals surface area contributed by atoms with E-state index in [1.165, 1.54) is 30.0 Å². The van der Waals surface area contributed by atoms with Gasteiger partial charge in [-0.1, -0.05) is 0 Å². The third-order valence-corrected chi connectivity index (χ3v) is 4.44. The second kappa shape index (κ2) is 7.72. The molecule has 0 bridgehead atoms. The highest BCUT2D eigenvalue weighted by Crippen LogP contribution is 2.24. The largest absolute Gasteiger partial charge is 0.478 e. The quantitative estimate of drug-likeness (QED) is 0.611. The van der Waals surface area contributed by atoms with Crippen LogP contribution in [0.3, 0.4) is 0 Å². The summed E-state index contributed by atoms with van der Waals surface area (Å²) in [4.78, 5) is 49.6. The molecule has 0 radical (unpaired) electrons.